The van der Waals surface area contributed by atoms with Gasteiger partial charge >= 0.3 is 0 Å². The normalized spacial score (nSPS) is 23.3. The summed E-state index contributed by atoms with van der Waals surface area (Å²) in [6, 6.07) is 0.125. The van der Waals surface area contributed by atoms with Crippen molar-refractivity contribution in [3.8, 4) is 0 Å². The summed E-state index contributed by atoms with van der Waals surface area (Å²) in [5, 5.41) is 8.03. The van der Waals surface area contributed by atoms with E-state index in [1.807, 2.05) is 14.0 Å². The third-order valence-corrected chi connectivity index (χ3v) is 4.57. The SMILES string of the molecule is Cc1nn(C)c(Cl)c1CN1CCOCC1C(=O)NC1CC1. The summed E-state index contributed by atoms with van der Waals surface area (Å²) >= 11 is 6.30. The second kappa shape index (κ2) is 5.94. The van der Waals surface area contributed by atoms with Crippen LogP contribution in [0.5, 0.6) is 0 Å². The Hall–Kier alpha value is -1.11. The Morgan fingerprint density at radius 2 is 2.29 bits per heavy atom. The molecule has 2 fully saturated rings. The number of nitrogens with zero attached hydrogens (tertiary/aromatic N) is 3. The summed E-state index contributed by atoms with van der Waals surface area (Å²) in [7, 11) is 1.83. The van der Waals surface area contributed by atoms with Crippen molar-refractivity contribution in [2.75, 3.05) is 19.8 Å². The predicted molar refractivity (Wildman–Crippen MR) is 79.1 cm³/mol. The van der Waals surface area contributed by atoms with E-state index in [2.05, 4.69) is 15.3 Å². The number of hydrogen-bond acceptors (Lipinski definition) is 4. The maximum Gasteiger partial charge on any atom is 0.239 e. The van der Waals surface area contributed by atoms with Crippen LogP contribution >= 0.6 is 11.6 Å². The molecule has 1 amide bonds. The Morgan fingerprint density at radius 1 is 1.52 bits per heavy atom. The molecule has 0 bridgehead atoms. The van der Waals surface area contributed by atoms with E-state index in [4.69, 9.17) is 16.3 Å². The van der Waals surface area contributed by atoms with Crippen LogP contribution < -0.4 is 5.32 Å². The molecule has 1 aliphatic carbocycles. The average Bonchev–Trinajstić information content (AvgIpc) is 3.24. The molecule has 6 nitrogen and oxygen atoms in total. The van der Waals surface area contributed by atoms with Crippen molar-refractivity contribution in [3.05, 3.63) is 16.4 Å². The fourth-order valence-electron chi connectivity index (χ4n) is 2.65. The molecule has 1 unspecified atom stereocenters. The first-order valence-electron chi connectivity index (χ1n) is 7.36. The smallest absolute Gasteiger partial charge is 0.239 e. The van der Waals surface area contributed by atoms with Gasteiger partial charge in [0.15, 0.2) is 0 Å². The van der Waals surface area contributed by atoms with Crippen molar-refractivity contribution in [2.45, 2.75) is 38.4 Å². The second-order valence-electron chi connectivity index (χ2n) is 5.82. The maximum atomic E-state index is 12.3. The summed E-state index contributed by atoms with van der Waals surface area (Å²) in [4.78, 5) is 14.5. The summed E-state index contributed by atoms with van der Waals surface area (Å²) in [6.45, 7) is 4.39. The molecule has 1 saturated carbocycles. The van der Waals surface area contributed by atoms with Crippen LogP contribution in [0.3, 0.4) is 0 Å². The first kappa shape index (κ1) is 14.8. The highest BCUT2D eigenvalue weighted by Crippen LogP contribution is 2.23. The number of aromatic nitrogens is 2. The van der Waals surface area contributed by atoms with Crippen LogP contribution in [0.25, 0.3) is 0 Å². The first-order chi connectivity index (χ1) is 10.1. The minimum Gasteiger partial charge on any atom is -0.378 e. The van der Waals surface area contributed by atoms with Gasteiger partial charge in [-0.2, -0.15) is 5.10 Å². The van der Waals surface area contributed by atoms with Gasteiger partial charge in [0.25, 0.3) is 0 Å². The number of halogens is 1. The molecule has 21 heavy (non-hydrogen) atoms. The van der Waals surface area contributed by atoms with E-state index in [9.17, 15) is 4.79 Å². The number of rotatable bonds is 4. The Kier molecular flexibility index (Phi) is 4.19. The summed E-state index contributed by atoms with van der Waals surface area (Å²) in [6.07, 6.45) is 2.18. The van der Waals surface area contributed by atoms with Gasteiger partial charge in [-0.05, 0) is 19.8 Å². The van der Waals surface area contributed by atoms with Crippen molar-refractivity contribution in [3.63, 3.8) is 0 Å². The van der Waals surface area contributed by atoms with Gasteiger partial charge in [-0.3, -0.25) is 14.4 Å². The Labute approximate surface area is 129 Å². The third-order valence-electron chi connectivity index (χ3n) is 4.10. The lowest BCUT2D eigenvalue weighted by molar-refractivity contribution is -0.133. The van der Waals surface area contributed by atoms with E-state index in [1.54, 1.807) is 4.68 Å². The summed E-state index contributed by atoms with van der Waals surface area (Å²) in [5.74, 6) is 0.0647. The lowest BCUT2D eigenvalue weighted by atomic mass is 10.1. The fraction of sp³-hybridized carbons (Fsp3) is 0.714. The third kappa shape index (κ3) is 3.22. The molecule has 1 aliphatic heterocycles. The molecule has 1 atom stereocenters. The lowest BCUT2D eigenvalue weighted by Crippen LogP contribution is -2.53. The molecule has 2 aliphatic rings. The highest BCUT2D eigenvalue weighted by atomic mass is 35.5. The van der Waals surface area contributed by atoms with Crippen LogP contribution in [0.15, 0.2) is 0 Å². The standard InChI is InChI=1S/C14H21ClN4O2/c1-9-11(13(15)18(2)17-9)7-19-5-6-21-8-12(19)14(20)16-10-3-4-10/h10,12H,3-8H2,1-2H3,(H,16,20). The number of nitrogens with one attached hydrogen (secondary N) is 1. The van der Waals surface area contributed by atoms with Gasteiger partial charge in [-0.1, -0.05) is 11.6 Å². The van der Waals surface area contributed by atoms with E-state index in [0.29, 0.717) is 31.0 Å². The van der Waals surface area contributed by atoms with Crippen LogP contribution in [0.2, 0.25) is 5.15 Å². The van der Waals surface area contributed by atoms with E-state index in [-0.39, 0.29) is 11.9 Å². The largest absolute Gasteiger partial charge is 0.378 e. The number of morpholine rings is 1. The number of carbonyl (C=O) groups is 1. The maximum absolute atomic E-state index is 12.3. The Bertz CT molecular complexity index is 541. The Balaban J connectivity index is 1.72. The number of aryl methyl sites for hydroxylation is 2. The number of ether oxygens (including phenoxy) is 1. The molecule has 0 spiro atoms. The van der Waals surface area contributed by atoms with Crippen LogP contribution in [0.4, 0.5) is 0 Å². The van der Waals surface area contributed by atoms with Gasteiger partial charge in [0.1, 0.15) is 11.2 Å². The van der Waals surface area contributed by atoms with Gasteiger partial charge < -0.3 is 10.1 Å². The van der Waals surface area contributed by atoms with Crippen molar-refractivity contribution in [2.24, 2.45) is 7.05 Å². The number of hydrogen-bond donors (Lipinski definition) is 1. The van der Waals surface area contributed by atoms with Gasteiger partial charge in [0.2, 0.25) is 5.91 Å². The molecule has 0 aromatic carbocycles. The van der Waals surface area contributed by atoms with E-state index < -0.39 is 0 Å². The van der Waals surface area contributed by atoms with Crippen molar-refractivity contribution in [1.82, 2.24) is 20.0 Å². The molecule has 1 N–H and O–H groups in total. The molecular weight excluding hydrogens is 292 g/mol. The molecule has 116 valence electrons. The highest BCUT2D eigenvalue weighted by molar-refractivity contribution is 6.30. The summed E-state index contributed by atoms with van der Waals surface area (Å²) in [5.41, 5.74) is 1.90. The molecular formula is C14H21ClN4O2. The van der Waals surface area contributed by atoms with E-state index in [1.165, 1.54) is 0 Å². The van der Waals surface area contributed by atoms with Gasteiger partial charge in [0.05, 0.1) is 18.9 Å². The van der Waals surface area contributed by atoms with Gasteiger partial charge in [-0.15, -0.1) is 0 Å². The number of carbonyl (C=O) groups excluding carboxylic acids is 1. The molecule has 1 saturated heterocycles. The topological polar surface area (TPSA) is 59.4 Å². The minimum absolute atomic E-state index is 0.0647. The van der Waals surface area contributed by atoms with Crippen molar-refractivity contribution < 1.29 is 9.53 Å². The average molecular weight is 313 g/mol. The van der Waals surface area contributed by atoms with Crippen molar-refractivity contribution in [1.29, 1.82) is 0 Å². The predicted octanol–water partition coefficient (Wildman–Crippen LogP) is 0.861. The first-order valence-corrected chi connectivity index (χ1v) is 7.74. The Morgan fingerprint density at radius 3 is 2.90 bits per heavy atom. The van der Waals surface area contributed by atoms with E-state index >= 15 is 0 Å². The molecule has 0 radical (unpaired) electrons. The highest BCUT2D eigenvalue weighted by Gasteiger charge is 2.33. The zero-order valence-electron chi connectivity index (χ0n) is 12.4. The van der Waals surface area contributed by atoms with Crippen LogP contribution in [-0.2, 0) is 23.1 Å². The molecule has 1 aromatic heterocycles. The monoisotopic (exact) mass is 312 g/mol. The minimum atomic E-state index is -0.241. The fourth-order valence-corrected chi connectivity index (χ4v) is 2.88. The van der Waals surface area contributed by atoms with Crippen molar-refractivity contribution >= 4 is 17.5 Å². The second-order valence-corrected chi connectivity index (χ2v) is 6.18. The lowest BCUT2D eigenvalue weighted by Gasteiger charge is -2.34. The molecule has 2 heterocycles. The van der Waals surface area contributed by atoms with E-state index in [0.717, 1.165) is 30.6 Å². The zero-order chi connectivity index (χ0) is 15.0. The molecule has 1 aromatic rings. The summed E-state index contributed by atoms with van der Waals surface area (Å²) < 4.78 is 7.16. The van der Waals surface area contributed by atoms with Crippen LogP contribution in [-0.4, -0.2) is 52.4 Å². The van der Waals surface area contributed by atoms with Gasteiger partial charge in [0, 0.05) is 31.7 Å². The van der Waals surface area contributed by atoms with Crippen LogP contribution in [0, 0.1) is 6.92 Å². The van der Waals surface area contributed by atoms with Crippen LogP contribution in [0.1, 0.15) is 24.1 Å². The van der Waals surface area contributed by atoms with Gasteiger partial charge in [-0.25, -0.2) is 0 Å². The zero-order valence-corrected chi connectivity index (χ0v) is 13.2. The molecule has 7 heteroatoms. The number of amides is 1. The quantitative estimate of drug-likeness (QED) is 0.896. The molecule has 3 rings (SSSR count).